The average molecular weight is 650 g/mol. The van der Waals surface area contributed by atoms with Crippen LogP contribution in [0.5, 0.6) is 5.75 Å². The molecule has 1 aromatic carbocycles. The Bertz CT molecular complexity index is 1440. The minimum Gasteiger partial charge on any atom is -0.489 e. The van der Waals surface area contributed by atoms with Crippen molar-refractivity contribution in [3.8, 4) is 5.75 Å². The zero-order chi connectivity index (χ0) is 33.0. The summed E-state index contributed by atoms with van der Waals surface area (Å²) in [6.45, 7) is 10.1. The predicted octanol–water partition coefficient (Wildman–Crippen LogP) is 4.26. The molecule has 12 nitrogen and oxygen atoms in total. The van der Waals surface area contributed by atoms with Gasteiger partial charge < -0.3 is 38.9 Å². The number of hydrogen-bond donors (Lipinski definition) is 1. The molecule has 0 aliphatic carbocycles. The smallest absolute Gasteiger partial charge is 0.489 e. The van der Waals surface area contributed by atoms with Crippen LogP contribution in [0.15, 0.2) is 40.8 Å². The summed E-state index contributed by atoms with van der Waals surface area (Å²) in [5, 5.41) is 9.66. The van der Waals surface area contributed by atoms with Gasteiger partial charge in [-0.1, -0.05) is 17.7 Å². The number of allylic oxidation sites excluding steroid dienone is 1. The highest BCUT2D eigenvalue weighted by molar-refractivity contribution is 6.32. The van der Waals surface area contributed by atoms with Gasteiger partial charge in [-0.2, -0.15) is 0 Å². The molecule has 0 bridgehead atoms. The predicted molar refractivity (Wildman–Crippen MR) is 164 cm³/mol. The summed E-state index contributed by atoms with van der Waals surface area (Å²) in [7, 11) is 3.98. The third kappa shape index (κ3) is 6.17. The van der Waals surface area contributed by atoms with Gasteiger partial charge in [0.05, 0.1) is 16.6 Å². The molecular formula is C31H41ClFN5O7. The number of benzene rings is 1. The molecule has 45 heavy (non-hydrogen) atoms. The van der Waals surface area contributed by atoms with Crippen LogP contribution >= 0.6 is 11.6 Å². The van der Waals surface area contributed by atoms with Gasteiger partial charge in [0.2, 0.25) is 0 Å². The normalized spacial score (nSPS) is 25.4. The minimum atomic E-state index is -1.07. The van der Waals surface area contributed by atoms with Crippen LogP contribution in [0.1, 0.15) is 41.0 Å². The number of hydrogen-bond acceptors (Lipinski definition) is 9. The largest absolute Gasteiger partial charge is 0.514 e. The summed E-state index contributed by atoms with van der Waals surface area (Å²) in [6, 6.07) is 3.64. The lowest BCUT2D eigenvalue weighted by Crippen LogP contribution is -2.62. The molecule has 1 aromatic rings. The van der Waals surface area contributed by atoms with Gasteiger partial charge >= 0.3 is 12.2 Å². The number of halogens is 2. The van der Waals surface area contributed by atoms with Crippen molar-refractivity contribution in [3.05, 3.63) is 46.6 Å². The molecule has 0 aromatic heterocycles. The molecular weight excluding hydrogens is 609 g/mol. The van der Waals surface area contributed by atoms with E-state index in [1.807, 2.05) is 14.1 Å². The Morgan fingerprint density at radius 2 is 1.89 bits per heavy atom. The van der Waals surface area contributed by atoms with Gasteiger partial charge in [0, 0.05) is 44.0 Å². The van der Waals surface area contributed by atoms with E-state index < -0.39 is 41.4 Å². The molecule has 0 spiro atoms. The Balaban J connectivity index is 1.64. The molecule has 0 saturated carbocycles. The van der Waals surface area contributed by atoms with E-state index in [4.69, 9.17) is 25.8 Å². The Morgan fingerprint density at radius 3 is 2.51 bits per heavy atom. The van der Waals surface area contributed by atoms with Crippen LogP contribution < -0.4 is 9.64 Å². The summed E-state index contributed by atoms with van der Waals surface area (Å²) in [6.07, 6.45) is -0.760. The average Bonchev–Trinajstić information content (AvgIpc) is 3.16. The van der Waals surface area contributed by atoms with Crippen molar-refractivity contribution >= 4 is 35.4 Å². The van der Waals surface area contributed by atoms with E-state index in [1.54, 1.807) is 25.7 Å². The van der Waals surface area contributed by atoms with Crippen LogP contribution in [0.2, 0.25) is 0 Å². The van der Waals surface area contributed by atoms with Gasteiger partial charge in [-0.15, -0.1) is 0 Å². The first-order chi connectivity index (χ1) is 21.0. The van der Waals surface area contributed by atoms with Crippen LogP contribution in [-0.4, -0.2) is 119 Å². The number of nitrogens with zero attached hydrogens (tertiary/aromatic N) is 5. The minimum absolute atomic E-state index is 0.0293. The first-order valence-corrected chi connectivity index (χ1v) is 15.3. The number of likely N-dealkylation sites (tertiary alicyclic amines) is 1. The number of likely N-dealkylation sites (N-methyl/N-ethyl adjacent to an activating group) is 1. The Kier molecular flexibility index (Phi) is 8.75. The standard InChI is InChI=1S/C31H41ClFN5O7/c1-30(2,3)45-29(42)44-21-10-8-9-20(33)24(21)37-16-19(32)25-23(26(37)38-12-11-22(34(6)7)31(38,4)5)27(39)36-14-13-35(28(40)41)15-18(36)17-43-25/h8-10,16,18,22,26H,11-15,17H2,1-7H3,(H,40,41). The fraction of sp³-hybridized carbons (Fsp3) is 0.581. The number of rotatable bonds is 4. The quantitative estimate of drug-likeness (QED) is 0.375. The van der Waals surface area contributed by atoms with E-state index in [9.17, 15) is 19.5 Å². The van der Waals surface area contributed by atoms with E-state index in [2.05, 4.69) is 23.6 Å². The van der Waals surface area contributed by atoms with Crippen molar-refractivity contribution < 1.29 is 38.1 Å². The van der Waals surface area contributed by atoms with Crippen LogP contribution in [0, 0.1) is 5.82 Å². The summed E-state index contributed by atoms with van der Waals surface area (Å²) < 4.78 is 33.2. The van der Waals surface area contributed by atoms with Crippen molar-refractivity contribution in [2.45, 2.75) is 70.4 Å². The van der Waals surface area contributed by atoms with Gasteiger partial charge in [-0.05, 0) is 67.3 Å². The molecule has 2 amide bonds. The first kappa shape index (κ1) is 32.8. The topological polar surface area (TPSA) is 115 Å². The van der Waals surface area contributed by atoms with Crippen LogP contribution in [0.3, 0.4) is 0 Å². The molecule has 4 aliphatic rings. The summed E-state index contributed by atoms with van der Waals surface area (Å²) in [4.78, 5) is 47.8. The number of fused-ring (bicyclic) bond motifs is 1. The highest BCUT2D eigenvalue weighted by atomic mass is 35.5. The molecule has 3 atom stereocenters. The maximum absolute atomic E-state index is 16.0. The van der Waals surface area contributed by atoms with Gasteiger partial charge in [-0.3, -0.25) is 9.69 Å². The third-order valence-electron chi connectivity index (χ3n) is 8.81. The van der Waals surface area contributed by atoms with Gasteiger partial charge in [0.25, 0.3) is 5.91 Å². The van der Waals surface area contributed by atoms with E-state index in [0.29, 0.717) is 6.54 Å². The van der Waals surface area contributed by atoms with Crippen molar-refractivity contribution in [3.63, 3.8) is 0 Å². The number of carboxylic acid groups (broad SMARTS) is 1. The maximum Gasteiger partial charge on any atom is 0.514 e. The molecule has 4 heterocycles. The molecule has 0 radical (unpaired) electrons. The molecule has 5 rings (SSSR count). The number of carbonyl (C=O) groups excluding carboxylic acids is 2. The zero-order valence-corrected chi connectivity index (χ0v) is 27.4. The summed E-state index contributed by atoms with van der Waals surface area (Å²) >= 11 is 6.85. The summed E-state index contributed by atoms with van der Waals surface area (Å²) in [5.41, 5.74) is -1.29. The SMILES string of the molecule is CN(C)C1CCN(C2C3=C(OCC4CN(C(=O)O)CCN4C3=O)C(Cl)=CN2c2c(F)cccc2OC(=O)OC(C)(C)C)C1(C)C. The molecule has 3 unspecified atom stereocenters. The lowest BCUT2D eigenvalue weighted by Gasteiger charge is -2.48. The van der Waals surface area contributed by atoms with Crippen molar-refractivity contribution in [1.29, 1.82) is 0 Å². The number of carbonyl (C=O) groups is 3. The van der Waals surface area contributed by atoms with Crippen molar-refractivity contribution in [2.75, 3.05) is 51.8 Å². The maximum atomic E-state index is 16.0. The lowest BCUT2D eigenvalue weighted by molar-refractivity contribution is -0.132. The van der Waals surface area contributed by atoms with Crippen LogP contribution in [-0.2, 0) is 14.3 Å². The number of ether oxygens (including phenoxy) is 3. The van der Waals surface area contributed by atoms with Crippen molar-refractivity contribution in [2.24, 2.45) is 0 Å². The third-order valence-corrected chi connectivity index (χ3v) is 9.08. The fourth-order valence-electron chi connectivity index (χ4n) is 6.87. The second-order valence-electron chi connectivity index (χ2n) is 13.5. The molecule has 2 saturated heterocycles. The van der Waals surface area contributed by atoms with Gasteiger partial charge in [0.1, 0.15) is 24.1 Å². The Morgan fingerprint density at radius 1 is 1.18 bits per heavy atom. The second-order valence-corrected chi connectivity index (χ2v) is 13.9. The Labute approximate surface area is 267 Å². The van der Waals surface area contributed by atoms with Gasteiger partial charge in [0.15, 0.2) is 17.3 Å². The molecule has 4 aliphatic heterocycles. The number of amides is 2. The van der Waals surface area contributed by atoms with Crippen LogP contribution in [0.25, 0.3) is 0 Å². The summed E-state index contributed by atoms with van der Waals surface area (Å²) in [5.74, 6) is -1.04. The first-order valence-electron chi connectivity index (χ1n) is 15.0. The lowest BCUT2D eigenvalue weighted by atomic mass is 9.92. The zero-order valence-electron chi connectivity index (χ0n) is 26.7. The molecule has 2 fully saturated rings. The van der Waals surface area contributed by atoms with Crippen LogP contribution in [0.4, 0.5) is 19.7 Å². The van der Waals surface area contributed by atoms with E-state index in [1.165, 1.54) is 34.2 Å². The highest BCUT2D eigenvalue weighted by Gasteiger charge is 2.53. The number of piperazine rings is 1. The Hall–Kier alpha value is -3.55. The monoisotopic (exact) mass is 649 g/mol. The van der Waals surface area contributed by atoms with E-state index in [0.717, 1.165) is 6.42 Å². The highest BCUT2D eigenvalue weighted by Crippen LogP contribution is 2.46. The van der Waals surface area contributed by atoms with E-state index in [-0.39, 0.29) is 66.0 Å². The van der Waals surface area contributed by atoms with Crippen molar-refractivity contribution in [1.82, 2.24) is 19.6 Å². The fourth-order valence-corrected chi connectivity index (χ4v) is 7.13. The molecule has 14 heteroatoms. The number of anilines is 1. The number of para-hydroxylation sites is 1. The molecule has 246 valence electrons. The second kappa shape index (κ2) is 12.0. The van der Waals surface area contributed by atoms with E-state index >= 15 is 4.39 Å². The van der Waals surface area contributed by atoms with Gasteiger partial charge in [-0.25, -0.2) is 14.0 Å². The molecule has 1 N–H and O–H groups in total.